The van der Waals surface area contributed by atoms with Crippen LogP contribution in [0.3, 0.4) is 0 Å². The van der Waals surface area contributed by atoms with Crippen LogP contribution in [-0.4, -0.2) is 24.9 Å². The molecular formula is C26H48N2O2. The summed E-state index contributed by atoms with van der Waals surface area (Å²) in [7, 11) is 0. The normalized spacial score (nSPS) is 11.4. The van der Waals surface area contributed by atoms with Gasteiger partial charge in [0.2, 0.25) is 11.8 Å². The summed E-state index contributed by atoms with van der Waals surface area (Å²) in [5, 5.41) is 5.78. The third-order valence-electron chi connectivity index (χ3n) is 5.27. The maximum atomic E-state index is 11.7. The Morgan fingerprint density at radius 1 is 0.500 bits per heavy atom. The third-order valence-corrected chi connectivity index (χ3v) is 5.27. The van der Waals surface area contributed by atoms with Crippen molar-refractivity contribution in [3.05, 3.63) is 24.3 Å². The van der Waals surface area contributed by atoms with Crippen molar-refractivity contribution in [1.82, 2.24) is 10.6 Å². The van der Waals surface area contributed by atoms with Crippen molar-refractivity contribution in [3.8, 4) is 0 Å². The average Bonchev–Trinajstić information content (AvgIpc) is 2.74. The second-order valence-corrected chi connectivity index (χ2v) is 8.25. The summed E-state index contributed by atoms with van der Waals surface area (Å²) < 4.78 is 0. The minimum absolute atomic E-state index is 0.0954. The molecule has 0 rings (SSSR count). The van der Waals surface area contributed by atoms with E-state index in [0.29, 0.717) is 0 Å². The lowest BCUT2D eigenvalue weighted by atomic mass is 10.1. The quantitative estimate of drug-likeness (QED) is 0.125. The molecule has 30 heavy (non-hydrogen) atoms. The molecule has 174 valence electrons. The second-order valence-electron chi connectivity index (χ2n) is 8.25. The molecule has 0 spiro atoms. The molecule has 0 aromatic carbocycles. The maximum absolute atomic E-state index is 11.7. The van der Waals surface area contributed by atoms with Gasteiger partial charge >= 0.3 is 0 Å². The highest BCUT2D eigenvalue weighted by Gasteiger charge is 1.96. The zero-order chi connectivity index (χ0) is 22.1. The summed E-state index contributed by atoms with van der Waals surface area (Å²) in [6.45, 7) is 5.92. The van der Waals surface area contributed by atoms with Crippen LogP contribution in [0.25, 0.3) is 0 Å². The van der Waals surface area contributed by atoms with Gasteiger partial charge in [0, 0.05) is 25.2 Å². The van der Waals surface area contributed by atoms with Crippen molar-refractivity contribution in [1.29, 1.82) is 0 Å². The number of amides is 2. The SMILES string of the molecule is CCCCCCCCCCNC(=O)/C=C/C=C/C(=O)NCCCCCCCCCC. The van der Waals surface area contributed by atoms with E-state index >= 15 is 0 Å². The van der Waals surface area contributed by atoms with Gasteiger partial charge < -0.3 is 10.6 Å². The Kier molecular flexibility index (Phi) is 22.4. The van der Waals surface area contributed by atoms with E-state index in [1.165, 1.54) is 102 Å². The van der Waals surface area contributed by atoms with Gasteiger partial charge in [0.25, 0.3) is 0 Å². The van der Waals surface area contributed by atoms with Crippen molar-refractivity contribution >= 4 is 11.8 Å². The molecule has 2 amide bonds. The molecule has 0 aliphatic carbocycles. The second kappa shape index (κ2) is 23.7. The molecule has 0 aliphatic heterocycles. The molecule has 0 aromatic heterocycles. The number of carbonyl (C=O) groups excluding carboxylic acids is 2. The van der Waals surface area contributed by atoms with E-state index in [2.05, 4.69) is 24.5 Å². The average molecular weight is 421 g/mol. The third kappa shape index (κ3) is 22.7. The summed E-state index contributed by atoms with van der Waals surface area (Å²) in [6, 6.07) is 0. The molecule has 0 fully saturated rings. The van der Waals surface area contributed by atoms with E-state index in [-0.39, 0.29) is 11.8 Å². The highest BCUT2D eigenvalue weighted by atomic mass is 16.2. The lowest BCUT2D eigenvalue weighted by molar-refractivity contribution is -0.117. The molecule has 0 heterocycles. The molecule has 4 heteroatoms. The topological polar surface area (TPSA) is 58.2 Å². The molecule has 0 aliphatic rings. The summed E-state index contributed by atoms with van der Waals surface area (Å²) in [5.41, 5.74) is 0. The van der Waals surface area contributed by atoms with Gasteiger partial charge in [-0.2, -0.15) is 0 Å². The number of carbonyl (C=O) groups is 2. The van der Waals surface area contributed by atoms with Gasteiger partial charge in [0.1, 0.15) is 0 Å². The van der Waals surface area contributed by atoms with Gasteiger partial charge in [-0.25, -0.2) is 0 Å². The first-order valence-electron chi connectivity index (χ1n) is 12.6. The standard InChI is InChI=1S/C26H48N2O2/c1-3-5-7-9-11-13-15-19-23-27-25(29)21-17-18-22-26(30)28-24-20-16-14-12-10-8-6-4-2/h17-18,21-22H,3-16,19-20,23-24H2,1-2H3,(H,27,29)(H,28,30)/b21-17+,22-18+. The van der Waals surface area contributed by atoms with E-state index in [4.69, 9.17) is 0 Å². The van der Waals surface area contributed by atoms with Gasteiger partial charge in [0.05, 0.1) is 0 Å². The van der Waals surface area contributed by atoms with E-state index in [1.54, 1.807) is 12.2 Å². The smallest absolute Gasteiger partial charge is 0.243 e. The van der Waals surface area contributed by atoms with Crippen LogP contribution in [0, 0.1) is 0 Å². The van der Waals surface area contributed by atoms with Crippen LogP contribution in [0.2, 0.25) is 0 Å². The Hall–Kier alpha value is -1.58. The molecule has 0 saturated carbocycles. The molecule has 0 unspecified atom stereocenters. The minimum Gasteiger partial charge on any atom is -0.353 e. The fourth-order valence-corrected chi connectivity index (χ4v) is 3.34. The summed E-state index contributed by atoms with van der Waals surface area (Å²) in [4.78, 5) is 23.4. The highest BCUT2D eigenvalue weighted by molar-refractivity contribution is 5.89. The Morgan fingerprint density at radius 2 is 0.800 bits per heavy atom. The lowest BCUT2D eigenvalue weighted by Gasteiger charge is -2.03. The van der Waals surface area contributed by atoms with Crippen LogP contribution in [0.1, 0.15) is 117 Å². The fourth-order valence-electron chi connectivity index (χ4n) is 3.34. The lowest BCUT2D eigenvalue weighted by Crippen LogP contribution is -2.22. The minimum atomic E-state index is -0.0954. The number of allylic oxidation sites excluding steroid dienone is 2. The number of hydrogen-bond donors (Lipinski definition) is 2. The van der Waals surface area contributed by atoms with Crippen LogP contribution >= 0.6 is 0 Å². The number of rotatable bonds is 21. The summed E-state index contributed by atoms with van der Waals surface area (Å²) >= 11 is 0. The number of nitrogens with one attached hydrogen (secondary N) is 2. The molecule has 2 N–H and O–H groups in total. The van der Waals surface area contributed by atoms with Crippen LogP contribution in [-0.2, 0) is 9.59 Å². The molecule has 0 radical (unpaired) electrons. The summed E-state index contributed by atoms with van der Waals surface area (Å²) in [5.74, 6) is -0.191. The Morgan fingerprint density at radius 3 is 1.13 bits per heavy atom. The Bertz CT molecular complexity index is 416. The fraction of sp³-hybridized carbons (Fsp3) is 0.769. The van der Waals surface area contributed by atoms with E-state index in [9.17, 15) is 9.59 Å². The zero-order valence-electron chi connectivity index (χ0n) is 19.9. The van der Waals surface area contributed by atoms with Crippen molar-refractivity contribution < 1.29 is 9.59 Å². The predicted octanol–water partition coefficient (Wildman–Crippen LogP) is 6.61. The van der Waals surface area contributed by atoms with Crippen molar-refractivity contribution in [2.45, 2.75) is 117 Å². The monoisotopic (exact) mass is 420 g/mol. The number of unbranched alkanes of at least 4 members (excludes halogenated alkanes) is 14. The van der Waals surface area contributed by atoms with Crippen molar-refractivity contribution in [3.63, 3.8) is 0 Å². The maximum Gasteiger partial charge on any atom is 0.243 e. The Labute approximate surface area is 186 Å². The number of hydrogen-bond acceptors (Lipinski definition) is 2. The first-order chi connectivity index (χ1) is 14.7. The van der Waals surface area contributed by atoms with Gasteiger partial charge in [0.15, 0.2) is 0 Å². The van der Waals surface area contributed by atoms with E-state index < -0.39 is 0 Å². The van der Waals surface area contributed by atoms with Crippen LogP contribution in [0.5, 0.6) is 0 Å². The molecule has 0 saturated heterocycles. The molecule has 4 nitrogen and oxygen atoms in total. The van der Waals surface area contributed by atoms with E-state index in [1.807, 2.05) is 0 Å². The summed E-state index contributed by atoms with van der Waals surface area (Å²) in [6.07, 6.45) is 26.4. The van der Waals surface area contributed by atoms with E-state index in [0.717, 1.165) is 25.9 Å². The predicted molar refractivity (Wildman–Crippen MR) is 130 cm³/mol. The molecule has 0 aromatic rings. The van der Waals surface area contributed by atoms with Gasteiger partial charge in [-0.15, -0.1) is 0 Å². The molecule has 0 bridgehead atoms. The largest absolute Gasteiger partial charge is 0.353 e. The first-order valence-corrected chi connectivity index (χ1v) is 12.6. The Balaban J connectivity index is 3.51. The van der Waals surface area contributed by atoms with Gasteiger partial charge in [-0.1, -0.05) is 116 Å². The van der Waals surface area contributed by atoms with Crippen LogP contribution in [0.4, 0.5) is 0 Å². The van der Waals surface area contributed by atoms with Crippen LogP contribution < -0.4 is 10.6 Å². The highest BCUT2D eigenvalue weighted by Crippen LogP contribution is 2.08. The van der Waals surface area contributed by atoms with Gasteiger partial charge in [-0.05, 0) is 12.8 Å². The molecular weight excluding hydrogens is 372 g/mol. The van der Waals surface area contributed by atoms with Gasteiger partial charge in [-0.3, -0.25) is 9.59 Å². The first kappa shape index (κ1) is 28.4. The van der Waals surface area contributed by atoms with Crippen molar-refractivity contribution in [2.24, 2.45) is 0 Å². The zero-order valence-corrected chi connectivity index (χ0v) is 19.9. The van der Waals surface area contributed by atoms with Crippen LogP contribution in [0.15, 0.2) is 24.3 Å². The molecule has 0 atom stereocenters. The van der Waals surface area contributed by atoms with Crippen molar-refractivity contribution in [2.75, 3.05) is 13.1 Å².